The number of ketones is 3. The minimum absolute atomic E-state index is 0.0590. The molecule has 166 valence electrons. The number of aliphatic hydroxyl groups is 1. The fourth-order valence-corrected chi connectivity index (χ4v) is 6.31. The fraction of sp³-hybridized carbons (Fsp3) is 0.522. The molecule has 4 aliphatic carbocycles. The molecule has 4 nitrogen and oxygen atoms in total. The van der Waals surface area contributed by atoms with Gasteiger partial charge in [-0.2, -0.15) is 0 Å². The van der Waals surface area contributed by atoms with Gasteiger partial charge in [-0.25, -0.2) is 0 Å². The van der Waals surface area contributed by atoms with Crippen molar-refractivity contribution in [3.05, 3.63) is 47.3 Å². The topological polar surface area (TPSA) is 71.4 Å². The van der Waals surface area contributed by atoms with Crippen LogP contribution in [0.1, 0.15) is 25.7 Å². The van der Waals surface area contributed by atoms with Crippen molar-refractivity contribution in [1.29, 1.82) is 0 Å². The zero-order chi connectivity index (χ0) is 22.4. The summed E-state index contributed by atoms with van der Waals surface area (Å²) < 4.78 is 0. The van der Waals surface area contributed by atoms with Crippen LogP contribution in [0.4, 0.5) is 0 Å². The van der Waals surface area contributed by atoms with Gasteiger partial charge in [-0.3, -0.25) is 14.4 Å². The Labute approximate surface area is 200 Å². The van der Waals surface area contributed by atoms with E-state index in [0.29, 0.717) is 25.7 Å². The van der Waals surface area contributed by atoms with Crippen LogP contribution in [0.2, 0.25) is 0 Å². The molecule has 3 fully saturated rings. The van der Waals surface area contributed by atoms with Crippen molar-refractivity contribution < 1.29 is 19.5 Å². The molecule has 0 aromatic heterocycles. The van der Waals surface area contributed by atoms with Crippen molar-refractivity contribution in [2.24, 2.45) is 23.7 Å². The van der Waals surface area contributed by atoms with Crippen molar-refractivity contribution in [3.63, 3.8) is 0 Å². The van der Waals surface area contributed by atoms with Crippen LogP contribution in [-0.2, 0) is 14.4 Å². The third kappa shape index (κ3) is 4.17. The number of hydrogen-bond donors (Lipinski definition) is 1. The number of carbonyl (C=O) groups is 3. The Hall–Kier alpha value is -1.07. The molecule has 0 aromatic rings. The lowest BCUT2D eigenvalue weighted by Gasteiger charge is -2.31. The van der Waals surface area contributed by atoms with Crippen molar-refractivity contribution in [2.75, 3.05) is 0 Å². The lowest BCUT2D eigenvalue weighted by atomic mass is 9.80. The molecule has 8 atom stereocenters. The highest BCUT2D eigenvalue weighted by Crippen LogP contribution is 2.46. The number of halogens is 4. The van der Waals surface area contributed by atoms with Gasteiger partial charge >= 0.3 is 0 Å². The first-order valence-corrected chi connectivity index (χ1v) is 12.1. The molecule has 0 bridgehead atoms. The van der Waals surface area contributed by atoms with Crippen LogP contribution >= 0.6 is 46.4 Å². The van der Waals surface area contributed by atoms with Gasteiger partial charge in [0, 0.05) is 23.7 Å². The summed E-state index contributed by atoms with van der Waals surface area (Å²) in [6.07, 6.45) is 9.60. The summed E-state index contributed by atoms with van der Waals surface area (Å²) in [6, 6.07) is 0. The van der Waals surface area contributed by atoms with E-state index in [0.717, 1.165) is 0 Å². The van der Waals surface area contributed by atoms with Crippen LogP contribution in [0.25, 0.3) is 0 Å². The molecule has 0 aromatic carbocycles. The third-order valence-corrected chi connectivity index (χ3v) is 9.04. The van der Waals surface area contributed by atoms with E-state index in [2.05, 4.69) is 0 Å². The summed E-state index contributed by atoms with van der Waals surface area (Å²) in [5, 5.41) is 9.29. The SMILES string of the molecule is O=C1C(=CC=CC=CC2=C(O)C3CC(Cl)C(Cl)CC3C2=O)C(=O)C2CC(Cl)C(Cl)CC12. The van der Waals surface area contributed by atoms with E-state index in [-0.39, 0.29) is 67.6 Å². The van der Waals surface area contributed by atoms with Gasteiger partial charge in [0.05, 0.1) is 32.7 Å². The van der Waals surface area contributed by atoms with E-state index in [1.54, 1.807) is 24.3 Å². The Kier molecular flexibility index (Phi) is 6.75. The lowest BCUT2D eigenvalue weighted by molar-refractivity contribution is -0.120. The number of hydrogen-bond acceptors (Lipinski definition) is 4. The number of carbonyl (C=O) groups excluding carboxylic acids is 3. The maximum Gasteiger partial charge on any atom is 0.170 e. The number of alkyl halides is 4. The standard InChI is InChI=1S/C23H22Cl4O4/c24-16-6-12-13(7-17(16)25)21(29)10(20(12)28)4-2-1-3-5-11-22(30)14-8-18(26)19(27)9-15(14)23(11)31/h1-5,12-19,28H,6-9H2. The predicted octanol–water partition coefficient (Wildman–Crippen LogP) is 5.05. The van der Waals surface area contributed by atoms with Crippen LogP contribution in [0.5, 0.6) is 0 Å². The number of allylic oxidation sites excluding steroid dienone is 8. The second kappa shape index (κ2) is 9.05. The monoisotopic (exact) mass is 502 g/mol. The van der Waals surface area contributed by atoms with Gasteiger partial charge in [0.2, 0.25) is 0 Å². The normalized spacial score (nSPS) is 40.9. The van der Waals surface area contributed by atoms with Crippen LogP contribution in [0.3, 0.4) is 0 Å². The maximum atomic E-state index is 12.6. The van der Waals surface area contributed by atoms with Crippen molar-refractivity contribution in [1.82, 2.24) is 0 Å². The molecule has 31 heavy (non-hydrogen) atoms. The Morgan fingerprint density at radius 2 is 1.10 bits per heavy atom. The van der Waals surface area contributed by atoms with E-state index >= 15 is 0 Å². The van der Waals surface area contributed by atoms with Crippen molar-refractivity contribution >= 4 is 63.8 Å². The first kappa shape index (κ1) is 23.1. The van der Waals surface area contributed by atoms with Crippen molar-refractivity contribution in [3.8, 4) is 0 Å². The third-order valence-electron chi connectivity index (χ3n) is 6.85. The van der Waals surface area contributed by atoms with E-state index < -0.39 is 11.8 Å². The largest absolute Gasteiger partial charge is 0.511 e. The summed E-state index contributed by atoms with van der Waals surface area (Å²) in [7, 11) is 0. The Morgan fingerprint density at radius 1 is 0.645 bits per heavy atom. The zero-order valence-corrected chi connectivity index (χ0v) is 19.5. The summed E-state index contributed by atoms with van der Waals surface area (Å²) in [4.78, 5) is 37.9. The van der Waals surface area contributed by atoms with Gasteiger partial charge in [0.15, 0.2) is 17.3 Å². The number of rotatable bonds is 3. The number of fused-ring (bicyclic) bond motifs is 2. The molecule has 0 aliphatic heterocycles. The van der Waals surface area contributed by atoms with Gasteiger partial charge in [-0.15, -0.1) is 46.4 Å². The Morgan fingerprint density at radius 3 is 1.61 bits per heavy atom. The lowest BCUT2D eigenvalue weighted by Crippen LogP contribution is -2.34. The first-order chi connectivity index (χ1) is 14.7. The van der Waals surface area contributed by atoms with E-state index in [9.17, 15) is 19.5 Å². The minimum Gasteiger partial charge on any atom is -0.511 e. The molecule has 8 unspecified atom stereocenters. The highest BCUT2D eigenvalue weighted by atomic mass is 35.5. The average Bonchev–Trinajstić information content (AvgIpc) is 3.08. The van der Waals surface area contributed by atoms with Gasteiger partial charge in [-0.1, -0.05) is 18.2 Å². The van der Waals surface area contributed by atoms with Gasteiger partial charge in [0.25, 0.3) is 0 Å². The second-order valence-electron chi connectivity index (χ2n) is 8.65. The smallest absolute Gasteiger partial charge is 0.170 e. The minimum atomic E-state index is -0.390. The van der Waals surface area contributed by atoms with Crippen LogP contribution in [0, 0.1) is 23.7 Å². The Balaban J connectivity index is 1.44. The summed E-state index contributed by atoms with van der Waals surface area (Å²) >= 11 is 24.8. The molecule has 4 rings (SSSR count). The molecule has 0 radical (unpaired) electrons. The van der Waals surface area contributed by atoms with E-state index in [4.69, 9.17) is 46.4 Å². The van der Waals surface area contributed by atoms with Gasteiger partial charge in [-0.05, 0) is 37.8 Å². The molecule has 0 spiro atoms. The molecule has 8 heteroatoms. The van der Waals surface area contributed by atoms with Crippen LogP contribution < -0.4 is 0 Å². The molecule has 0 amide bonds. The quantitative estimate of drug-likeness (QED) is 0.253. The second-order valence-corrected chi connectivity index (χ2v) is 10.9. The molecular formula is C23H22Cl4O4. The average molecular weight is 504 g/mol. The summed E-state index contributed by atoms with van der Waals surface area (Å²) in [5.41, 5.74) is 0.433. The molecule has 3 saturated carbocycles. The predicted molar refractivity (Wildman–Crippen MR) is 122 cm³/mol. The molecular weight excluding hydrogens is 482 g/mol. The van der Waals surface area contributed by atoms with Crippen LogP contribution in [-0.4, -0.2) is 44.0 Å². The van der Waals surface area contributed by atoms with E-state index in [1.807, 2.05) is 0 Å². The molecule has 0 saturated heterocycles. The zero-order valence-electron chi connectivity index (χ0n) is 16.5. The first-order valence-electron chi connectivity index (χ1n) is 10.4. The molecule has 4 aliphatic rings. The maximum absolute atomic E-state index is 12.6. The van der Waals surface area contributed by atoms with Crippen molar-refractivity contribution in [2.45, 2.75) is 47.2 Å². The Bertz CT molecular complexity index is 904. The van der Waals surface area contributed by atoms with Gasteiger partial charge < -0.3 is 5.11 Å². The summed E-state index contributed by atoms with van der Waals surface area (Å²) in [5.74, 6) is -1.84. The number of aliphatic hydroxyl groups excluding tert-OH is 1. The molecule has 1 N–H and O–H groups in total. The van der Waals surface area contributed by atoms with Gasteiger partial charge in [0.1, 0.15) is 5.76 Å². The number of Topliss-reactive ketones (excluding diaryl/α,β-unsaturated/α-hetero) is 3. The van der Waals surface area contributed by atoms with E-state index in [1.165, 1.54) is 6.08 Å². The molecule has 0 heterocycles. The fourth-order valence-electron chi connectivity index (χ4n) is 5.14. The van der Waals surface area contributed by atoms with Crippen LogP contribution in [0.15, 0.2) is 47.3 Å². The highest BCUT2D eigenvalue weighted by Gasteiger charge is 2.50. The summed E-state index contributed by atoms with van der Waals surface area (Å²) in [6.45, 7) is 0. The highest BCUT2D eigenvalue weighted by molar-refractivity contribution is 6.32.